The van der Waals surface area contributed by atoms with Crippen LogP contribution in [0.15, 0.2) is 24.3 Å². The van der Waals surface area contributed by atoms with Crippen LogP contribution in [0, 0.1) is 0 Å². The lowest BCUT2D eigenvalue weighted by Gasteiger charge is -2.23. The molecule has 3 heteroatoms. The summed E-state index contributed by atoms with van der Waals surface area (Å²) in [5, 5.41) is 0. The SMILES string of the molecule is CC(C)Oc1ccccc1C(C)C(=O)OC(C)(C)C. The molecule has 1 rings (SSSR count). The second-order valence-electron chi connectivity index (χ2n) is 5.96. The number of hydrogen-bond acceptors (Lipinski definition) is 3. The Morgan fingerprint density at radius 2 is 1.68 bits per heavy atom. The van der Waals surface area contributed by atoms with Crippen LogP contribution in [0.4, 0.5) is 0 Å². The second-order valence-corrected chi connectivity index (χ2v) is 5.96. The predicted octanol–water partition coefficient (Wildman–Crippen LogP) is 3.92. The third-order valence-electron chi connectivity index (χ3n) is 2.51. The van der Waals surface area contributed by atoms with Gasteiger partial charge in [-0.05, 0) is 47.6 Å². The molecule has 1 atom stereocenters. The van der Waals surface area contributed by atoms with E-state index in [-0.39, 0.29) is 18.0 Å². The standard InChI is InChI=1S/C16H24O3/c1-11(2)18-14-10-8-7-9-13(14)12(3)15(17)19-16(4,5)6/h7-12H,1-6H3. The molecule has 0 spiro atoms. The Balaban J connectivity index is 2.93. The fraction of sp³-hybridized carbons (Fsp3) is 0.562. The molecule has 1 unspecified atom stereocenters. The molecule has 106 valence electrons. The topological polar surface area (TPSA) is 35.5 Å². The van der Waals surface area contributed by atoms with Gasteiger partial charge in [0.15, 0.2) is 0 Å². The van der Waals surface area contributed by atoms with Crippen LogP contribution < -0.4 is 4.74 Å². The number of para-hydroxylation sites is 1. The van der Waals surface area contributed by atoms with Crippen LogP contribution in [0.25, 0.3) is 0 Å². The van der Waals surface area contributed by atoms with Gasteiger partial charge in [-0.15, -0.1) is 0 Å². The van der Waals surface area contributed by atoms with Gasteiger partial charge in [0, 0.05) is 5.56 Å². The first-order chi connectivity index (χ1) is 8.70. The van der Waals surface area contributed by atoms with Gasteiger partial charge in [0.1, 0.15) is 11.4 Å². The average molecular weight is 264 g/mol. The largest absolute Gasteiger partial charge is 0.491 e. The molecule has 0 saturated heterocycles. The third kappa shape index (κ3) is 4.93. The molecule has 0 amide bonds. The maximum atomic E-state index is 12.1. The van der Waals surface area contributed by atoms with Crippen molar-refractivity contribution in [3.05, 3.63) is 29.8 Å². The Kier molecular flexibility index (Phi) is 4.98. The van der Waals surface area contributed by atoms with Gasteiger partial charge in [-0.25, -0.2) is 0 Å². The van der Waals surface area contributed by atoms with Crippen molar-refractivity contribution in [3.8, 4) is 5.75 Å². The molecule has 1 aromatic carbocycles. The molecule has 19 heavy (non-hydrogen) atoms. The van der Waals surface area contributed by atoms with Crippen LogP contribution in [0.5, 0.6) is 5.75 Å². The maximum Gasteiger partial charge on any atom is 0.313 e. The van der Waals surface area contributed by atoms with E-state index >= 15 is 0 Å². The summed E-state index contributed by atoms with van der Waals surface area (Å²) in [6.45, 7) is 11.4. The number of benzene rings is 1. The van der Waals surface area contributed by atoms with E-state index < -0.39 is 5.60 Å². The Morgan fingerprint density at radius 3 is 2.21 bits per heavy atom. The van der Waals surface area contributed by atoms with Crippen LogP contribution in [-0.2, 0) is 9.53 Å². The quantitative estimate of drug-likeness (QED) is 0.773. The number of esters is 1. The van der Waals surface area contributed by atoms with E-state index in [2.05, 4.69) is 0 Å². The molecular weight excluding hydrogens is 240 g/mol. The van der Waals surface area contributed by atoms with E-state index in [1.807, 2.05) is 65.8 Å². The fourth-order valence-electron chi connectivity index (χ4n) is 1.72. The Labute approximate surface area is 115 Å². The summed E-state index contributed by atoms with van der Waals surface area (Å²) in [4.78, 5) is 12.1. The molecule has 0 heterocycles. The van der Waals surface area contributed by atoms with Crippen molar-refractivity contribution >= 4 is 5.97 Å². The predicted molar refractivity (Wildman–Crippen MR) is 76.5 cm³/mol. The van der Waals surface area contributed by atoms with E-state index in [1.54, 1.807) is 0 Å². The van der Waals surface area contributed by atoms with Crippen LogP contribution in [0.1, 0.15) is 53.0 Å². The van der Waals surface area contributed by atoms with E-state index in [0.29, 0.717) is 0 Å². The van der Waals surface area contributed by atoms with Gasteiger partial charge in [0.2, 0.25) is 0 Å². The van der Waals surface area contributed by atoms with Crippen LogP contribution >= 0.6 is 0 Å². The highest BCUT2D eigenvalue weighted by molar-refractivity contribution is 5.79. The summed E-state index contributed by atoms with van der Waals surface area (Å²) in [6, 6.07) is 7.61. The maximum absolute atomic E-state index is 12.1. The summed E-state index contributed by atoms with van der Waals surface area (Å²) in [6.07, 6.45) is 0.0759. The van der Waals surface area contributed by atoms with Gasteiger partial charge in [0.25, 0.3) is 0 Å². The second kappa shape index (κ2) is 6.09. The smallest absolute Gasteiger partial charge is 0.313 e. The van der Waals surface area contributed by atoms with E-state index in [4.69, 9.17) is 9.47 Å². The van der Waals surface area contributed by atoms with Gasteiger partial charge < -0.3 is 9.47 Å². The Bertz CT molecular complexity index is 430. The molecule has 0 aromatic heterocycles. The first-order valence-corrected chi connectivity index (χ1v) is 6.69. The number of carbonyl (C=O) groups is 1. The highest BCUT2D eigenvalue weighted by Crippen LogP contribution is 2.29. The van der Waals surface area contributed by atoms with Crippen molar-refractivity contribution < 1.29 is 14.3 Å². The van der Waals surface area contributed by atoms with Gasteiger partial charge >= 0.3 is 5.97 Å². The molecule has 0 bridgehead atoms. The summed E-state index contributed by atoms with van der Waals surface area (Å²) < 4.78 is 11.2. The molecule has 1 aromatic rings. The normalized spacial score (nSPS) is 13.2. The van der Waals surface area contributed by atoms with Crippen LogP contribution in [-0.4, -0.2) is 17.7 Å². The lowest BCUT2D eigenvalue weighted by Crippen LogP contribution is -2.27. The zero-order valence-electron chi connectivity index (χ0n) is 12.7. The first kappa shape index (κ1) is 15.5. The summed E-state index contributed by atoms with van der Waals surface area (Å²) >= 11 is 0. The molecule has 3 nitrogen and oxygen atoms in total. The zero-order chi connectivity index (χ0) is 14.6. The fourth-order valence-corrected chi connectivity index (χ4v) is 1.72. The van der Waals surface area contributed by atoms with Crippen molar-refractivity contribution in [2.75, 3.05) is 0 Å². The third-order valence-corrected chi connectivity index (χ3v) is 2.51. The molecule has 0 aliphatic heterocycles. The van der Waals surface area contributed by atoms with Gasteiger partial charge in [-0.3, -0.25) is 4.79 Å². The van der Waals surface area contributed by atoms with Gasteiger partial charge in [-0.2, -0.15) is 0 Å². The Hall–Kier alpha value is -1.51. The van der Waals surface area contributed by atoms with E-state index in [1.165, 1.54) is 0 Å². The molecule has 0 saturated carbocycles. The van der Waals surface area contributed by atoms with Gasteiger partial charge in [0.05, 0.1) is 12.0 Å². The van der Waals surface area contributed by atoms with Crippen molar-refractivity contribution in [2.24, 2.45) is 0 Å². The van der Waals surface area contributed by atoms with E-state index in [9.17, 15) is 4.79 Å². The lowest BCUT2D eigenvalue weighted by molar-refractivity contribution is -0.156. The number of hydrogen-bond donors (Lipinski definition) is 0. The van der Waals surface area contributed by atoms with Crippen molar-refractivity contribution in [1.29, 1.82) is 0 Å². The summed E-state index contributed by atoms with van der Waals surface area (Å²) in [5.74, 6) is 0.178. The zero-order valence-corrected chi connectivity index (χ0v) is 12.7. The highest BCUT2D eigenvalue weighted by atomic mass is 16.6. The number of rotatable bonds is 4. The molecule has 0 fully saturated rings. The molecule has 0 aliphatic carbocycles. The minimum Gasteiger partial charge on any atom is -0.491 e. The molecule has 0 radical (unpaired) electrons. The van der Waals surface area contributed by atoms with Crippen LogP contribution in [0.2, 0.25) is 0 Å². The van der Waals surface area contributed by atoms with Crippen LogP contribution in [0.3, 0.4) is 0 Å². The summed E-state index contributed by atoms with van der Waals surface area (Å²) in [7, 11) is 0. The molecule has 0 aliphatic rings. The lowest BCUT2D eigenvalue weighted by atomic mass is 10.00. The Morgan fingerprint density at radius 1 is 1.11 bits per heavy atom. The van der Waals surface area contributed by atoms with E-state index in [0.717, 1.165) is 11.3 Å². The molecular formula is C16H24O3. The number of carbonyl (C=O) groups excluding carboxylic acids is 1. The minimum absolute atomic E-state index is 0.0759. The summed E-state index contributed by atoms with van der Waals surface area (Å²) in [5.41, 5.74) is 0.393. The first-order valence-electron chi connectivity index (χ1n) is 6.69. The van der Waals surface area contributed by atoms with Crippen molar-refractivity contribution in [2.45, 2.75) is 59.2 Å². The average Bonchev–Trinajstić information content (AvgIpc) is 2.25. The van der Waals surface area contributed by atoms with Crippen molar-refractivity contribution in [1.82, 2.24) is 0 Å². The molecule has 0 N–H and O–H groups in total. The highest BCUT2D eigenvalue weighted by Gasteiger charge is 2.25. The van der Waals surface area contributed by atoms with Crippen molar-refractivity contribution in [3.63, 3.8) is 0 Å². The van der Waals surface area contributed by atoms with Gasteiger partial charge in [-0.1, -0.05) is 18.2 Å². The number of ether oxygens (including phenoxy) is 2. The minimum atomic E-state index is -0.473. The monoisotopic (exact) mass is 264 g/mol.